The molecule has 0 aliphatic heterocycles. The highest BCUT2D eigenvalue weighted by atomic mass is 16.3. The number of hydrogen-bond donors (Lipinski definition) is 0. The minimum atomic E-state index is 0.122. The second-order valence-electron chi connectivity index (χ2n) is 2.99. The zero-order chi connectivity index (χ0) is 9.84. The fourth-order valence-electron chi connectivity index (χ4n) is 1.42. The maximum atomic E-state index is 11.2. The first-order chi connectivity index (χ1) is 6.16. The van der Waals surface area contributed by atoms with E-state index in [1.807, 2.05) is 26.0 Å². The van der Waals surface area contributed by atoms with Crippen molar-refractivity contribution in [3.63, 3.8) is 0 Å². The Morgan fingerprint density at radius 2 is 2.15 bits per heavy atom. The molecule has 1 aromatic rings. The third-order valence-electron chi connectivity index (χ3n) is 2.12. The Morgan fingerprint density at radius 3 is 2.54 bits per heavy atom. The molecule has 0 atom stereocenters. The molecule has 0 saturated carbocycles. The molecule has 0 bridgehead atoms. The monoisotopic (exact) mass is 178 g/mol. The van der Waals surface area contributed by atoms with Crippen LogP contribution >= 0.6 is 0 Å². The van der Waals surface area contributed by atoms with Crippen LogP contribution in [0.25, 0.3) is 5.57 Å². The average molecular weight is 178 g/mol. The molecule has 0 aliphatic carbocycles. The maximum absolute atomic E-state index is 11.2. The summed E-state index contributed by atoms with van der Waals surface area (Å²) >= 11 is 0. The summed E-state index contributed by atoms with van der Waals surface area (Å²) in [6.45, 7) is 5.48. The molecule has 2 heteroatoms. The smallest absolute Gasteiger partial charge is 0.156 e. The van der Waals surface area contributed by atoms with Gasteiger partial charge in [0, 0.05) is 5.57 Å². The fourth-order valence-corrected chi connectivity index (χ4v) is 1.42. The van der Waals surface area contributed by atoms with E-state index in [-0.39, 0.29) is 5.78 Å². The van der Waals surface area contributed by atoms with Crippen molar-refractivity contribution in [2.75, 3.05) is 0 Å². The van der Waals surface area contributed by atoms with Gasteiger partial charge in [-0.15, -0.1) is 0 Å². The molecule has 0 saturated heterocycles. The molecular formula is C11H14O2. The molecule has 70 valence electrons. The highest BCUT2D eigenvalue weighted by Crippen LogP contribution is 2.21. The van der Waals surface area contributed by atoms with Crippen molar-refractivity contribution in [3.8, 4) is 0 Å². The van der Waals surface area contributed by atoms with Crippen LogP contribution in [0.3, 0.4) is 0 Å². The Labute approximate surface area is 78.3 Å². The van der Waals surface area contributed by atoms with Crippen LogP contribution < -0.4 is 0 Å². The standard InChI is InChI=1S/C11H14O2/c1-4-10(9(3)12)8(2)11-6-5-7-13-11/h5-7H,4H2,1-3H3. The van der Waals surface area contributed by atoms with E-state index in [1.54, 1.807) is 13.2 Å². The summed E-state index contributed by atoms with van der Waals surface area (Å²) in [6.07, 6.45) is 2.37. The number of rotatable bonds is 3. The van der Waals surface area contributed by atoms with Crippen LogP contribution in [0.4, 0.5) is 0 Å². The Balaban J connectivity index is 3.09. The highest BCUT2D eigenvalue weighted by Gasteiger charge is 2.09. The van der Waals surface area contributed by atoms with Crippen LogP contribution in [0.5, 0.6) is 0 Å². The quantitative estimate of drug-likeness (QED) is 0.666. The molecule has 2 nitrogen and oxygen atoms in total. The number of carbonyl (C=O) groups is 1. The first kappa shape index (κ1) is 9.78. The normalized spacial score (nSPS) is 12.5. The van der Waals surface area contributed by atoms with E-state index in [1.165, 1.54) is 0 Å². The summed E-state index contributed by atoms with van der Waals surface area (Å²) < 4.78 is 5.22. The second kappa shape index (κ2) is 4.08. The number of hydrogen-bond acceptors (Lipinski definition) is 2. The van der Waals surface area contributed by atoms with E-state index in [4.69, 9.17) is 4.42 Å². The largest absolute Gasteiger partial charge is 0.465 e. The van der Waals surface area contributed by atoms with Crippen LogP contribution in [0.2, 0.25) is 0 Å². The molecule has 1 aromatic heterocycles. The van der Waals surface area contributed by atoms with Gasteiger partial charge in [-0.05, 0) is 38.0 Å². The highest BCUT2D eigenvalue weighted by molar-refractivity contribution is 6.00. The number of Topliss-reactive ketones (excluding diaryl/α,β-unsaturated/α-hetero) is 1. The molecule has 1 rings (SSSR count). The lowest BCUT2D eigenvalue weighted by Crippen LogP contribution is -1.97. The van der Waals surface area contributed by atoms with Crippen LogP contribution in [-0.2, 0) is 4.79 Å². The Kier molecular flexibility index (Phi) is 3.07. The lowest BCUT2D eigenvalue weighted by atomic mass is 10.0. The van der Waals surface area contributed by atoms with E-state index in [0.717, 1.165) is 23.3 Å². The number of allylic oxidation sites excluding steroid dienone is 2. The van der Waals surface area contributed by atoms with E-state index in [9.17, 15) is 4.79 Å². The van der Waals surface area contributed by atoms with Crippen LogP contribution in [-0.4, -0.2) is 5.78 Å². The van der Waals surface area contributed by atoms with Crippen LogP contribution in [0.15, 0.2) is 28.4 Å². The third-order valence-corrected chi connectivity index (χ3v) is 2.12. The fraction of sp³-hybridized carbons (Fsp3) is 0.364. The topological polar surface area (TPSA) is 30.2 Å². The Bertz CT molecular complexity index is 318. The molecule has 0 unspecified atom stereocenters. The zero-order valence-electron chi connectivity index (χ0n) is 8.26. The van der Waals surface area contributed by atoms with Gasteiger partial charge in [0.25, 0.3) is 0 Å². The van der Waals surface area contributed by atoms with Crippen molar-refractivity contribution in [2.45, 2.75) is 27.2 Å². The van der Waals surface area contributed by atoms with Crippen molar-refractivity contribution in [2.24, 2.45) is 0 Å². The molecule has 0 amide bonds. The second-order valence-corrected chi connectivity index (χ2v) is 2.99. The third kappa shape index (κ3) is 2.08. The van der Waals surface area contributed by atoms with Crippen molar-refractivity contribution < 1.29 is 9.21 Å². The Morgan fingerprint density at radius 1 is 1.46 bits per heavy atom. The van der Waals surface area contributed by atoms with Crippen molar-refractivity contribution in [3.05, 3.63) is 29.7 Å². The van der Waals surface area contributed by atoms with Crippen LogP contribution in [0, 0.1) is 0 Å². The van der Waals surface area contributed by atoms with E-state index in [2.05, 4.69) is 0 Å². The summed E-state index contributed by atoms with van der Waals surface area (Å²) in [4.78, 5) is 11.2. The summed E-state index contributed by atoms with van der Waals surface area (Å²) in [7, 11) is 0. The molecule has 0 N–H and O–H groups in total. The van der Waals surface area contributed by atoms with Gasteiger partial charge in [0.05, 0.1) is 6.26 Å². The van der Waals surface area contributed by atoms with E-state index >= 15 is 0 Å². The van der Waals surface area contributed by atoms with Gasteiger partial charge in [0.2, 0.25) is 0 Å². The van der Waals surface area contributed by atoms with Gasteiger partial charge in [-0.1, -0.05) is 6.92 Å². The number of ketones is 1. The molecule has 0 fully saturated rings. The van der Waals surface area contributed by atoms with Gasteiger partial charge in [-0.2, -0.15) is 0 Å². The lowest BCUT2D eigenvalue weighted by Gasteiger charge is -2.03. The van der Waals surface area contributed by atoms with Gasteiger partial charge in [0.15, 0.2) is 5.78 Å². The summed E-state index contributed by atoms with van der Waals surface area (Å²) in [5.74, 6) is 0.906. The van der Waals surface area contributed by atoms with Gasteiger partial charge >= 0.3 is 0 Å². The number of furan rings is 1. The molecular weight excluding hydrogens is 164 g/mol. The summed E-state index contributed by atoms with van der Waals surface area (Å²) in [5.41, 5.74) is 1.79. The van der Waals surface area contributed by atoms with Crippen LogP contribution in [0.1, 0.15) is 33.0 Å². The van der Waals surface area contributed by atoms with Gasteiger partial charge in [0.1, 0.15) is 5.76 Å². The predicted molar refractivity (Wildman–Crippen MR) is 52.3 cm³/mol. The van der Waals surface area contributed by atoms with E-state index in [0.29, 0.717) is 0 Å². The van der Waals surface area contributed by atoms with Gasteiger partial charge in [-0.3, -0.25) is 4.79 Å². The predicted octanol–water partition coefficient (Wildman–Crippen LogP) is 3.05. The number of carbonyl (C=O) groups excluding carboxylic acids is 1. The first-order valence-corrected chi connectivity index (χ1v) is 4.41. The lowest BCUT2D eigenvalue weighted by molar-refractivity contribution is -0.113. The van der Waals surface area contributed by atoms with Crippen molar-refractivity contribution in [1.29, 1.82) is 0 Å². The molecule has 0 aromatic carbocycles. The zero-order valence-corrected chi connectivity index (χ0v) is 8.26. The average Bonchev–Trinajstić information content (AvgIpc) is 2.56. The minimum Gasteiger partial charge on any atom is -0.465 e. The molecule has 13 heavy (non-hydrogen) atoms. The van der Waals surface area contributed by atoms with Crippen molar-refractivity contribution in [1.82, 2.24) is 0 Å². The maximum Gasteiger partial charge on any atom is 0.156 e. The first-order valence-electron chi connectivity index (χ1n) is 4.41. The minimum absolute atomic E-state index is 0.122. The SMILES string of the molecule is CCC(C(C)=O)=C(C)c1ccco1. The molecule has 0 radical (unpaired) electrons. The Hall–Kier alpha value is -1.31. The molecule has 1 heterocycles. The van der Waals surface area contributed by atoms with Gasteiger partial charge in [-0.25, -0.2) is 0 Å². The molecule has 0 aliphatic rings. The van der Waals surface area contributed by atoms with E-state index < -0.39 is 0 Å². The molecule has 0 spiro atoms. The van der Waals surface area contributed by atoms with Gasteiger partial charge < -0.3 is 4.42 Å². The van der Waals surface area contributed by atoms with Crippen molar-refractivity contribution >= 4 is 11.4 Å². The summed E-state index contributed by atoms with van der Waals surface area (Å²) in [5, 5.41) is 0. The summed E-state index contributed by atoms with van der Waals surface area (Å²) in [6, 6.07) is 3.69.